The maximum absolute atomic E-state index is 13.4. The smallest absolute Gasteiger partial charge is 0.275 e. The number of carbonyl (C=O) groups excluding carboxylic acids is 1. The van der Waals surface area contributed by atoms with Gasteiger partial charge in [-0.05, 0) is 17.7 Å². The van der Waals surface area contributed by atoms with E-state index >= 15 is 0 Å². The maximum Gasteiger partial charge on any atom is 0.275 e. The van der Waals surface area contributed by atoms with Gasteiger partial charge in [0.25, 0.3) is 5.56 Å². The molecule has 6 nitrogen and oxygen atoms in total. The van der Waals surface area contributed by atoms with Gasteiger partial charge >= 0.3 is 0 Å². The Balaban J connectivity index is 1.87. The number of fused-ring (bicyclic) bond motifs is 1. The van der Waals surface area contributed by atoms with E-state index in [1.165, 1.54) is 10.7 Å². The molecule has 2 heterocycles. The number of carbonyl (C=O) groups is 1. The Hall–Kier alpha value is -4.32. The van der Waals surface area contributed by atoms with Crippen molar-refractivity contribution in [3.63, 3.8) is 0 Å². The molecule has 6 heteroatoms. The highest BCUT2D eigenvalue weighted by Gasteiger charge is 2.23. The Labute approximate surface area is 171 Å². The molecular formula is C24H16N4O2. The van der Waals surface area contributed by atoms with Crippen LogP contribution in [-0.4, -0.2) is 24.9 Å². The monoisotopic (exact) mass is 392 g/mol. The summed E-state index contributed by atoms with van der Waals surface area (Å²) < 4.78 is 3.18. The van der Waals surface area contributed by atoms with Gasteiger partial charge < -0.3 is 0 Å². The van der Waals surface area contributed by atoms with Crippen molar-refractivity contribution < 1.29 is 4.79 Å². The van der Waals surface area contributed by atoms with E-state index in [0.717, 1.165) is 5.56 Å². The van der Waals surface area contributed by atoms with Crippen molar-refractivity contribution in [2.24, 2.45) is 0 Å². The zero-order valence-electron chi connectivity index (χ0n) is 15.8. The Bertz CT molecular complexity index is 1410. The van der Waals surface area contributed by atoms with E-state index in [0.29, 0.717) is 16.9 Å². The minimum atomic E-state index is -0.398. The molecule has 144 valence electrons. The fourth-order valence-corrected chi connectivity index (χ4v) is 3.43. The molecule has 0 aliphatic carbocycles. The lowest BCUT2D eigenvalue weighted by Gasteiger charge is -2.07. The highest BCUT2D eigenvalue weighted by Crippen LogP contribution is 2.23. The van der Waals surface area contributed by atoms with Crippen LogP contribution in [0.3, 0.4) is 0 Å². The molecule has 0 fully saturated rings. The molecule has 0 saturated carbocycles. The highest BCUT2D eigenvalue weighted by atomic mass is 16.1. The summed E-state index contributed by atoms with van der Waals surface area (Å²) in [5.74, 6) is 0.219. The maximum atomic E-state index is 13.4. The Morgan fingerprint density at radius 2 is 1.37 bits per heavy atom. The standard InChI is InChI=1S/C24H16N4O2/c29-21-16-20(17-10-4-1-5-11-17)27-23(22(30)18-12-6-2-7-13-18)26-28(24(27)25-21)19-14-8-3-9-15-19/h1-16H. The van der Waals surface area contributed by atoms with Crippen LogP contribution >= 0.6 is 0 Å². The average molecular weight is 392 g/mol. The third-order valence-corrected chi connectivity index (χ3v) is 4.82. The van der Waals surface area contributed by atoms with Gasteiger partial charge in [-0.25, -0.2) is 0 Å². The van der Waals surface area contributed by atoms with E-state index in [2.05, 4.69) is 10.1 Å². The number of rotatable bonds is 4. The molecule has 5 rings (SSSR count). The van der Waals surface area contributed by atoms with Crippen LogP contribution in [0.4, 0.5) is 0 Å². The molecule has 0 atom stereocenters. The number of hydrogen-bond donors (Lipinski definition) is 0. The molecule has 0 aliphatic heterocycles. The van der Waals surface area contributed by atoms with Gasteiger partial charge in [0.05, 0.1) is 11.4 Å². The van der Waals surface area contributed by atoms with Crippen molar-refractivity contribution in [3.8, 4) is 16.9 Å². The van der Waals surface area contributed by atoms with Crippen molar-refractivity contribution >= 4 is 11.6 Å². The number of hydrogen-bond acceptors (Lipinski definition) is 4. The molecule has 30 heavy (non-hydrogen) atoms. The lowest BCUT2D eigenvalue weighted by atomic mass is 10.1. The Morgan fingerprint density at radius 3 is 2.03 bits per heavy atom. The molecule has 0 N–H and O–H groups in total. The van der Waals surface area contributed by atoms with Crippen LogP contribution in [0.25, 0.3) is 22.7 Å². The molecular weight excluding hydrogens is 376 g/mol. The van der Waals surface area contributed by atoms with Gasteiger partial charge in [-0.15, -0.1) is 5.10 Å². The first-order valence-corrected chi connectivity index (χ1v) is 9.46. The van der Waals surface area contributed by atoms with Crippen molar-refractivity contribution in [2.75, 3.05) is 0 Å². The van der Waals surface area contributed by atoms with Crippen molar-refractivity contribution in [3.05, 3.63) is 119 Å². The molecule has 0 spiro atoms. The number of nitrogens with zero attached hydrogens (tertiary/aromatic N) is 4. The number of para-hydroxylation sites is 1. The molecule has 0 unspecified atom stereocenters. The minimum absolute atomic E-state index is 0.186. The van der Waals surface area contributed by atoms with Gasteiger partial charge in [0, 0.05) is 11.6 Å². The van der Waals surface area contributed by atoms with E-state index < -0.39 is 5.56 Å². The lowest BCUT2D eigenvalue weighted by Crippen LogP contribution is -2.14. The molecule has 0 aliphatic rings. The summed E-state index contributed by atoms with van der Waals surface area (Å²) in [5, 5.41) is 4.59. The fourth-order valence-electron chi connectivity index (χ4n) is 3.43. The summed E-state index contributed by atoms with van der Waals surface area (Å²) in [5.41, 5.74) is 2.17. The second-order valence-corrected chi connectivity index (χ2v) is 6.75. The summed E-state index contributed by atoms with van der Waals surface area (Å²) in [4.78, 5) is 30.0. The van der Waals surface area contributed by atoms with Gasteiger partial charge in [-0.1, -0.05) is 78.9 Å². The summed E-state index contributed by atoms with van der Waals surface area (Å²) in [6.45, 7) is 0. The lowest BCUT2D eigenvalue weighted by molar-refractivity contribution is 0.102. The molecule has 3 aromatic carbocycles. The SMILES string of the molecule is O=C(c1ccccc1)c1nn(-c2ccccc2)c2nc(=O)cc(-c3ccccc3)n12. The second kappa shape index (κ2) is 7.25. The van der Waals surface area contributed by atoms with Crippen LogP contribution < -0.4 is 5.56 Å². The zero-order chi connectivity index (χ0) is 20.5. The van der Waals surface area contributed by atoms with E-state index in [1.54, 1.807) is 28.7 Å². The average Bonchev–Trinajstić information content (AvgIpc) is 3.19. The van der Waals surface area contributed by atoms with Gasteiger partial charge in [-0.3, -0.25) is 14.0 Å². The number of ketones is 1. The minimum Gasteiger partial charge on any atom is -0.285 e. The van der Waals surface area contributed by atoms with Crippen LogP contribution in [-0.2, 0) is 0 Å². The van der Waals surface area contributed by atoms with E-state index in [1.807, 2.05) is 66.7 Å². The fraction of sp³-hybridized carbons (Fsp3) is 0. The van der Waals surface area contributed by atoms with Crippen molar-refractivity contribution in [1.82, 2.24) is 19.2 Å². The quantitative estimate of drug-likeness (QED) is 0.437. The molecule has 0 bridgehead atoms. The van der Waals surface area contributed by atoms with Gasteiger partial charge in [-0.2, -0.15) is 9.67 Å². The summed E-state index contributed by atoms with van der Waals surface area (Å²) in [7, 11) is 0. The second-order valence-electron chi connectivity index (χ2n) is 6.75. The van der Waals surface area contributed by atoms with Gasteiger partial charge in [0.2, 0.25) is 17.4 Å². The van der Waals surface area contributed by atoms with Crippen LogP contribution in [0.1, 0.15) is 16.2 Å². The first kappa shape index (κ1) is 17.8. The number of benzene rings is 3. The summed E-state index contributed by atoms with van der Waals surface area (Å²) >= 11 is 0. The Kier molecular flexibility index (Phi) is 4.29. The predicted octanol–water partition coefficient (Wildman–Crippen LogP) is 3.78. The first-order valence-electron chi connectivity index (χ1n) is 9.46. The molecule has 0 amide bonds. The van der Waals surface area contributed by atoms with Crippen molar-refractivity contribution in [2.45, 2.75) is 0 Å². The normalized spacial score (nSPS) is 10.9. The highest BCUT2D eigenvalue weighted by molar-refractivity contribution is 6.07. The van der Waals surface area contributed by atoms with Crippen LogP contribution in [0.15, 0.2) is 102 Å². The van der Waals surface area contributed by atoms with Crippen LogP contribution in [0.5, 0.6) is 0 Å². The topological polar surface area (TPSA) is 69.3 Å². The first-order chi connectivity index (χ1) is 14.7. The van der Waals surface area contributed by atoms with Gasteiger partial charge in [0.15, 0.2) is 0 Å². The van der Waals surface area contributed by atoms with E-state index in [-0.39, 0.29) is 17.4 Å². The summed E-state index contributed by atoms with van der Waals surface area (Å²) in [6, 6.07) is 29.1. The third-order valence-electron chi connectivity index (χ3n) is 4.82. The molecule has 0 radical (unpaired) electrons. The van der Waals surface area contributed by atoms with Gasteiger partial charge in [0.1, 0.15) is 0 Å². The predicted molar refractivity (Wildman–Crippen MR) is 114 cm³/mol. The molecule has 5 aromatic rings. The third kappa shape index (κ3) is 3.00. The van der Waals surface area contributed by atoms with Crippen molar-refractivity contribution in [1.29, 1.82) is 0 Å². The van der Waals surface area contributed by atoms with Crippen LogP contribution in [0.2, 0.25) is 0 Å². The largest absolute Gasteiger partial charge is 0.285 e. The van der Waals surface area contributed by atoms with E-state index in [9.17, 15) is 9.59 Å². The summed E-state index contributed by atoms with van der Waals surface area (Å²) in [6.07, 6.45) is 0. The van der Waals surface area contributed by atoms with E-state index in [4.69, 9.17) is 0 Å². The Morgan fingerprint density at radius 1 is 0.767 bits per heavy atom. The molecule has 2 aromatic heterocycles. The number of aromatic nitrogens is 4. The zero-order valence-corrected chi connectivity index (χ0v) is 15.8. The van der Waals surface area contributed by atoms with Crippen LogP contribution in [0, 0.1) is 0 Å². The molecule has 0 saturated heterocycles.